The molecular formula is C16H18ClN3O. The minimum absolute atomic E-state index is 0.0387. The molecule has 1 fully saturated rings. The maximum Gasteiger partial charge on any atom is 0.272 e. The average molecular weight is 304 g/mol. The standard InChI is InChI=1S/C16H18ClN3O/c1-2-20-15(9-10-18-20)16(21)19-11-5-8-14(19)12-6-3-4-7-13(12)17/h3-4,6-7,9-10,14H,2,5,8,11H2,1H3. The highest BCUT2D eigenvalue weighted by atomic mass is 35.5. The van der Waals surface area contributed by atoms with Crippen molar-refractivity contribution in [3.8, 4) is 0 Å². The van der Waals surface area contributed by atoms with Crippen LogP contribution in [0.2, 0.25) is 5.02 Å². The molecule has 2 heterocycles. The Balaban J connectivity index is 1.91. The fourth-order valence-electron chi connectivity index (χ4n) is 2.99. The summed E-state index contributed by atoms with van der Waals surface area (Å²) in [6, 6.07) is 9.63. The quantitative estimate of drug-likeness (QED) is 0.870. The fourth-order valence-corrected chi connectivity index (χ4v) is 3.25. The topological polar surface area (TPSA) is 38.1 Å². The van der Waals surface area contributed by atoms with Crippen LogP contribution in [0, 0.1) is 0 Å². The van der Waals surface area contributed by atoms with E-state index in [-0.39, 0.29) is 11.9 Å². The summed E-state index contributed by atoms with van der Waals surface area (Å²) in [6.07, 6.45) is 3.63. The van der Waals surface area contributed by atoms with Crippen molar-refractivity contribution in [1.82, 2.24) is 14.7 Å². The van der Waals surface area contributed by atoms with Crippen molar-refractivity contribution in [3.63, 3.8) is 0 Å². The summed E-state index contributed by atoms with van der Waals surface area (Å²) in [5, 5.41) is 4.91. The highest BCUT2D eigenvalue weighted by Crippen LogP contribution is 2.36. The number of hydrogen-bond donors (Lipinski definition) is 0. The molecule has 1 aromatic carbocycles. The van der Waals surface area contributed by atoms with E-state index in [0.717, 1.165) is 30.0 Å². The second-order valence-corrected chi connectivity index (χ2v) is 5.62. The largest absolute Gasteiger partial charge is 0.330 e. The lowest BCUT2D eigenvalue weighted by atomic mass is 10.0. The molecule has 1 atom stereocenters. The van der Waals surface area contributed by atoms with Crippen LogP contribution in [-0.4, -0.2) is 27.1 Å². The average Bonchev–Trinajstić information content (AvgIpc) is 3.16. The van der Waals surface area contributed by atoms with Gasteiger partial charge in [0, 0.05) is 24.3 Å². The highest BCUT2D eigenvalue weighted by Gasteiger charge is 2.32. The second kappa shape index (κ2) is 5.90. The molecule has 0 aliphatic carbocycles. The molecule has 0 bridgehead atoms. The van der Waals surface area contributed by atoms with Gasteiger partial charge in [-0.05, 0) is 37.5 Å². The molecule has 5 heteroatoms. The summed E-state index contributed by atoms with van der Waals surface area (Å²) in [6.45, 7) is 3.45. The molecule has 0 N–H and O–H groups in total. The predicted octanol–water partition coefficient (Wildman–Crippen LogP) is 3.53. The molecule has 3 rings (SSSR count). The maximum absolute atomic E-state index is 12.8. The summed E-state index contributed by atoms with van der Waals surface area (Å²) < 4.78 is 1.74. The molecule has 1 unspecified atom stereocenters. The summed E-state index contributed by atoms with van der Waals surface area (Å²) in [7, 11) is 0. The van der Waals surface area contributed by atoms with Crippen molar-refractivity contribution in [2.75, 3.05) is 6.54 Å². The molecule has 0 radical (unpaired) electrons. The lowest BCUT2D eigenvalue weighted by molar-refractivity contribution is 0.0723. The monoisotopic (exact) mass is 303 g/mol. The summed E-state index contributed by atoms with van der Waals surface area (Å²) in [5.74, 6) is 0.0387. The van der Waals surface area contributed by atoms with E-state index in [2.05, 4.69) is 5.10 Å². The third kappa shape index (κ3) is 2.56. The Labute approximate surface area is 129 Å². The van der Waals surface area contributed by atoms with Gasteiger partial charge in [-0.3, -0.25) is 9.48 Å². The van der Waals surface area contributed by atoms with E-state index in [4.69, 9.17) is 11.6 Å². The van der Waals surface area contributed by atoms with Gasteiger partial charge in [-0.2, -0.15) is 5.10 Å². The maximum atomic E-state index is 12.8. The molecule has 1 saturated heterocycles. The van der Waals surface area contributed by atoms with Crippen LogP contribution in [0.15, 0.2) is 36.5 Å². The molecule has 0 saturated carbocycles. The number of carbonyl (C=O) groups is 1. The number of aryl methyl sites for hydroxylation is 1. The van der Waals surface area contributed by atoms with E-state index in [1.54, 1.807) is 16.9 Å². The molecule has 4 nitrogen and oxygen atoms in total. The molecule has 0 spiro atoms. The van der Waals surface area contributed by atoms with Crippen LogP contribution in [-0.2, 0) is 6.54 Å². The zero-order chi connectivity index (χ0) is 14.8. The van der Waals surface area contributed by atoms with Gasteiger partial charge >= 0.3 is 0 Å². The van der Waals surface area contributed by atoms with E-state index in [1.165, 1.54) is 0 Å². The number of benzene rings is 1. The van der Waals surface area contributed by atoms with E-state index in [1.807, 2.05) is 36.1 Å². The summed E-state index contributed by atoms with van der Waals surface area (Å²) in [4.78, 5) is 14.7. The Morgan fingerprint density at radius 2 is 2.19 bits per heavy atom. The predicted molar refractivity (Wildman–Crippen MR) is 82.4 cm³/mol. The summed E-state index contributed by atoms with van der Waals surface area (Å²) in [5.41, 5.74) is 1.68. The number of rotatable bonds is 3. The van der Waals surface area contributed by atoms with Gasteiger partial charge in [0.05, 0.1) is 6.04 Å². The lowest BCUT2D eigenvalue weighted by Gasteiger charge is -2.26. The normalized spacial score (nSPS) is 18.2. The van der Waals surface area contributed by atoms with Gasteiger partial charge in [0.25, 0.3) is 5.91 Å². The molecule has 110 valence electrons. The van der Waals surface area contributed by atoms with Crippen LogP contribution in [0.1, 0.15) is 41.9 Å². The first-order valence-electron chi connectivity index (χ1n) is 7.29. The number of carbonyl (C=O) groups excluding carboxylic acids is 1. The van der Waals surface area contributed by atoms with Gasteiger partial charge in [-0.25, -0.2) is 0 Å². The van der Waals surface area contributed by atoms with Crippen molar-refractivity contribution < 1.29 is 4.79 Å². The molecule has 1 aliphatic heterocycles. The number of aromatic nitrogens is 2. The molecular weight excluding hydrogens is 286 g/mol. The van der Waals surface area contributed by atoms with Gasteiger partial charge in [-0.15, -0.1) is 0 Å². The SMILES string of the molecule is CCn1nccc1C(=O)N1CCCC1c1ccccc1Cl. The van der Waals surface area contributed by atoms with E-state index in [9.17, 15) is 4.79 Å². The third-order valence-electron chi connectivity index (χ3n) is 4.01. The van der Waals surface area contributed by atoms with Crippen LogP contribution in [0.25, 0.3) is 0 Å². The second-order valence-electron chi connectivity index (χ2n) is 5.21. The first-order chi connectivity index (χ1) is 10.2. The first-order valence-corrected chi connectivity index (χ1v) is 7.67. The molecule has 21 heavy (non-hydrogen) atoms. The van der Waals surface area contributed by atoms with E-state index >= 15 is 0 Å². The minimum Gasteiger partial charge on any atom is -0.330 e. The Kier molecular flexibility index (Phi) is 3.97. The van der Waals surface area contributed by atoms with E-state index in [0.29, 0.717) is 12.2 Å². The van der Waals surface area contributed by atoms with Crippen LogP contribution < -0.4 is 0 Å². The van der Waals surface area contributed by atoms with Crippen LogP contribution in [0.4, 0.5) is 0 Å². The number of likely N-dealkylation sites (tertiary alicyclic amines) is 1. The molecule has 1 aliphatic rings. The number of nitrogens with zero attached hydrogens (tertiary/aromatic N) is 3. The van der Waals surface area contributed by atoms with Crippen molar-refractivity contribution in [2.24, 2.45) is 0 Å². The molecule has 1 aromatic heterocycles. The highest BCUT2D eigenvalue weighted by molar-refractivity contribution is 6.31. The minimum atomic E-state index is 0.0387. The number of hydrogen-bond acceptors (Lipinski definition) is 2. The first kappa shape index (κ1) is 14.1. The van der Waals surface area contributed by atoms with Crippen LogP contribution in [0.3, 0.4) is 0 Å². The van der Waals surface area contributed by atoms with Crippen LogP contribution in [0.5, 0.6) is 0 Å². The fraction of sp³-hybridized carbons (Fsp3) is 0.375. The Morgan fingerprint density at radius 3 is 2.95 bits per heavy atom. The van der Waals surface area contributed by atoms with Crippen molar-refractivity contribution >= 4 is 17.5 Å². The van der Waals surface area contributed by atoms with Crippen LogP contribution >= 0.6 is 11.6 Å². The van der Waals surface area contributed by atoms with E-state index < -0.39 is 0 Å². The van der Waals surface area contributed by atoms with Gasteiger partial charge < -0.3 is 4.90 Å². The number of halogens is 1. The molecule has 2 aromatic rings. The van der Waals surface area contributed by atoms with Gasteiger partial charge in [0.1, 0.15) is 5.69 Å². The number of amides is 1. The Hall–Kier alpha value is -1.81. The summed E-state index contributed by atoms with van der Waals surface area (Å²) >= 11 is 6.30. The molecule has 1 amide bonds. The third-order valence-corrected chi connectivity index (χ3v) is 4.36. The lowest BCUT2D eigenvalue weighted by Crippen LogP contribution is -2.32. The zero-order valence-electron chi connectivity index (χ0n) is 12.0. The van der Waals surface area contributed by atoms with Gasteiger partial charge in [0.2, 0.25) is 0 Å². The Bertz CT molecular complexity index is 652. The smallest absolute Gasteiger partial charge is 0.272 e. The Morgan fingerprint density at radius 1 is 1.38 bits per heavy atom. The van der Waals surface area contributed by atoms with Crippen molar-refractivity contribution in [2.45, 2.75) is 32.4 Å². The van der Waals surface area contributed by atoms with Crippen molar-refractivity contribution in [3.05, 3.63) is 52.8 Å². The van der Waals surface area contributed by atoms with Crippen molar-refractivity contribution in [1.29, 1.82) is 0 Å². The zero-order valence-corrected chi connectivity index (χ0v) is 12.8. The van der Waals surface area contributed by atoms with Gasteiger partial charge in [-0.1, -0.05) is 29.8 Å². The van der Waals surface area contributed by atoms with Gasteiger partial charge in [0.15, 0.2) is 0 Å².